The van der Waals surface area contributed by atoms with Gasteiger partial charge in [0.2, 0.25) is 0 Å². The molecule has 19 heavy (non-hydrogen) atoms. The molecule has 1 fully saturated rings. The molecule has 0 aromatic rings. The van der Waals surface area contributed by atoms with Gasteiger partial charge in [-0.3, -0.25) is 0 Å². The summed E-state index contributed by atoms with van der Waals surface area (Å²) < 4.78 is 14.9. The minimum absolute atomic E-state index is 0.0533. The van der Waals surface area contributed by atoms with Crippen LogP contribution in [0.2, 0.25) is 0 Å². The first-order valence-corrected chi connectivity index (χ1v) is 5.72. The third-order valence-corrected chi connectivity index (χ3v) is 2.52. The number of hydrogen-bond acceptors (Lipinski definition) is 7. The molecule has 0 aliphatic carbocycles. The van der Waals surface area contributed by atoms with Crippen molar-refractivity contribution >= 4 is 5.97 Å². The van der Waals surface area contributed by atoms with E-state index in [1.807, 2.05) is 0 Å². The Kier molecular flexibility index (Phi) is 6.13. The fraction of sp³-hybridized carbons (Fsp3) is 0.583. The highest BCUT2D eigenvalue weighted by atomic mass is 16.7. The molecule has 0 bridgehead atoms. The van der Waals surface area contributed by atoms with Gasteiger partial charge in [-0.15, -0.1) is 6.58 Å². The van der Waals surface area contributed by atoms with E-state index >= 15 is 0 Å². The van der Waals surface area contributed by atoms with Crippen molar-refractivity contribution < 1.29 is 34.3 Å². The van der Waals surface area contributed by atoms with Crippen molar-refractivity contribution in [3.63, 3.8) is 0 Å². The maximum Gasteiger partial charge on any atom is 0.338 e. The van der Waals surface area contributed by atoms with Crippen LogP contribution in [0.3, 0.4) is 0 Å². The van der Waals surface area contributed by atoms with Gasteiger partial charge in [-0.05, 0) is 0 Å². The van der Waals surface area contributed by atoms with Crippen LogP contribution in [-0.2, 0) is 19.0 Å². The van der Waals surface area contributed by atoms with Crippen LogP contribution >= 0.6 is 0 Å². The summed E-state index contributed by atoms with van der Waals surface area (Å²) in [7, 11) is 0. The fourth-order valence-corrected chi connectivity index (χ4v) is 1.57. The van der Waals surface area contributed by atoms with E-state index in [-0.39, 0.29) is 13.2 Å². The predicted octanol–water partition coefficient (Wildman–Crippen LogP) is -1.27. The average Bonchev–Trinajstić information content (AvgIpc) is 2.41. The number of carbonyl (C=O) groups excluding carboxylic acids is 1. The van der Waals surface area contributed by atoms with Crippen molar-refractivity contribution in [1.82, 2.24) is 0 Å². The van der Waals surface area contributed by atoms with Crippen molar-refractivity contribution in [2.45, 2.75) is 30.7 Å². The van der Waals surface area contributed by atoms with Crippen molar-refractivity contribution in [3.05, 3.63) is 25.3 Å². The van der Waals surface area contributed by atoms with E-state index in [4.69, 9.17) is 14.2 Å². The van der Waals surface area contributed by atoms with Crippen LogP contribution in [0.15, 0.2) is 25.3 Å². The monoisotopic (exact) mass is 274 g/mol. The topological polar surface area (TPSA) is 105 Å². The van der Waals surface area contributed by atoms with E-state index in [1.54, 1.807) is 0 Å². The molecule has 0 amide bonds. The Labute approximate surface area is 110 Å². The fourth-order valence-electron chi connectivity index (χ4n) is 1.57. The van der Waals surface area contributed by atoms with Crippen LogP contribution in [0.5, 0.6) is 0 Å². The van der Waals surface area contributed by atoms with E-state index < -0.39 is 36.7 Å². The van der Waals surface area contributed by atoms with Crippen molar-refractivity contribution in [3.8, 4) is 0 Å². The zero-order chi connectivity index (χ0) is 14.4. The lowest BCUT2D eigenvalue weighted by atomic mass is 9.99. The summed E-state index contributed by atoms with van der Waals surface area (Å²) in [6.45, 7) is 6.80. The summed E-state index contributed by atoms with van der Waals surface area (Å²) in [6.07, 6.45) is -4.58. The highest BCUT2D eigenvalue weighted by molar-refractivity contribution is 5.75. The highest BCUT2D eigenvalue weighted by Gasteiger charge is 2.47. The normalized spacial score (nSPS) is 34.6. The standard InChI is InChI=1S/C12H18O7/c1-3-5-17-11(16)10-8(14)7(13)9(15)12(19-10)18-6-4-2/h3-4,7-10,12-15H,1-2,5-6H2/t7-,8+,9+,10-,12-/m0/s1. The van der Waals surface area contributed by atoms with E-state index in [0.717, 1.165) is 0 Å². The van der Waals surface area contributed by atoms with Gasteiger partial charge >= 0.3 is 5.97 Å². The van der Waals surface area contributed by atoms with Crippen LogP contribution in [0, 0.1) is 0 Å². The van der Waals surface area contributed by atoms with Crippen LogP contribution in [-0.4, -0.2) is 65.2 Å². The highest BCUT2D eigenvalue weighted by Crippen LogP contribution is 2.23. The maximum absolute atomic E-state index is 11.6. The first kappa shape index (κ1) is 15.8. The maximum atomic E-state index is 11.6. The molecule has 0 aromatic carbocycles. The van der Waals surface area contributed by atoms with Gasteiger partial charge in [0, 0.05) is 0 Å². The molecule has 0 radical (unpaired) electrons. The van der Waals surface area contributed by atoms with Gasteiger partial charge in [-0.25, -0.2) is 4.79 Å². The van der Waals surface area contributed by atoms with Gasteiger partial charge < -0.3 is 29.5 Å². The minimum atomic E-state index is -1.60. The van der Waals surface area contributed by atoms with Crippen LogP contribution in [0.1, 0.15) is 0 Å². The molecule has 5 atom stereocenters. The van der Waals surface area contributed by atoms with E-state index in [9.17, 15) is 20.1 Å². The molecular weight excluding hydrogens is 256 g/mol. The number of ether oxygens (including phenoxy) is 3. The lowest BCUT2D eigenvalue weighted by Gasteiger charge is -2.38. The molecule has 1 heterocycles. The van der Waals surface area contributed by atoms with Crippen LogP contribution in [0.25, 0.3) is 0 Å². The van der Waals surface area contributed by atoms with Crippen LogP contribution in [0.4, 0.5) is 0 Å². The molecule has 108 valence electrons. The first-order valence-electron chi connectivity index (χ1n) is 5.72. The Morgan fingerprint density at radius 3 is 2.32 bits per heavy atom. The van der Waals surface area contributed by atoms with Crippen molar-refractivity contribution in [2.75, 3.05) is 13.2 Å². The number of carbonyl (C=O) groups is 1. The molecule has 0 aromatic heterocycles. The zero-order valence-electron chi connectivity index (χ0n) is 10.3. The SMILES string of the molecule is C=CCOC(=O)[C@H]1O[C@H](OCC=C)[C@H](O)[C@@H](O)[C@H]1O. The largest absolute Gasteiger partial charge is 0.459 e. The Bertz CT molecular complexity index is 330. The number of rotatable bonds is 6. The summed E-state index contributed by atoms with van der Waals surface area (Å²) in [5.74, 6) is -0.870. The van der Waals surface area contributed by atoms with Gasteiger partial charge in [0.15, 0.2) is 12.4 Å². The molecule has 0 spiro atoms. The molecule has 0 unspecified atom stereocenters. The Balaban J connectivity index is 2.71. The van der Waals surface area contributed by atoms with Crippen molar-refractivity contribution in [1.29, 1.82) is 0 Å². The number of hydrogen-bond donors (Lipinski definition) is 3. The number of aliphatic hydroxyl groups is 3. The lowest BCUT2D eigenvalue weighted by molar-refractivity contribution is -0.292. The van der Waals surface area contributed by atoms with E-state index in [0.29, 0.717) is 0 Å². The van der Waals surface area contributed by atoms with Gasteiger partial charge in [-0.1, -0.05) is 18.7 Å². The summed E-state index contributed by atoms with van der Waals surface area (Å²) in [4.78, 5) is 11.6. The lowest BCUT2D eigenvalue weighted by Crippen LogP contribution is -2.60. The van der Waals surface area contributed by atoms with Gasteiger partial charge in [0.05, 0.1) is 6.61 Å². The van der Waals surface area contributed by atoms with Crippen molar-refractivity contribution in [2.24, 2.45) is 0 Å². The Morgan fingerprint density at radius 2 is 1.74 bits per heavy atom. The van der Waals surface area contributed by atoms with E-state index in [1.165, 1.54) is 12.2 Å². The van der Waals surface area contributed by atoms with Gasteiger partial charge in [0.25, 0.3) is 0 Å². The third kappa shape index (κ3) is 3.85. The summed E-state index contributed by atoms with van der Waals surface area (Å²) in [5, 5.41) is 29.0. The molecule has 1 aliphatic heterocycles. The number of esters is 1. The van der Waals surface area contributed by atoms with Crippen LogP contribution < -0.4 is 0 Å². The number of aliphatic hydroxyl groups excluding tert-OH is 3. The molecule has 7 heteroatoms. The van der Waals surface area contributed by atoms with Gasteiger partial charge in [-0.2, -0.15) is 0 Å². The quantitative estimate of drug-likeness (QED) is 0.409. The second-order valence-corrected chi connectivity index (χ2v) is 3.94. The molecule has 3 N–H and O–H groups in total. The molecule has 1 saturated heterocycles. The second-order valence-electron chi connectivity index (χ2n) is 3.94. The zero-order valence-corrected chi connectivity index (χ0v) is 10.3. The van der Waals surface area contributed by atoms with Gasteiger partial charge in [0.1, 0.15) is 24.9 Å². The van der Waals surface area contributed by atoms with E-state index in [2.05, 4.69) is 13.2 Å². The summed E-state index contributed by atoms with van der Waals surface area (Å²) in [5.41, 5.74) is 0. The molecule has 0 saturated carbocycles. The molecule has 1 rings (SSSR count). The summed E-state index contributed by atoms with van der Waals surface area (Å²) >= 11 is 0. The Morgan fingerprint density at radius 1 is 1.11 bits per heavy atom. The third-order valence-electron chi connectivity index (χ3n) is 2.52. The minimum Gasteiger partial charge on any atom is -0.459 e. The predicted molar refractivity (Wildman–Crippen MR) is 64.0 cm³/mol. The molecule has 7 nitrogen and oxygen atoms in total. The first-order chi connectivity index (χ1) is 9.02. The summed E-state index contributed by atoms with van der Waals surface area (Å²) in [6, 6.07) is 0. The second kappa shape index (κ2) is 7.37. The Hall–Kier alpha value is -1.25. The molecule has 1 aliphatic rings. The molecular formula is C12H18O7. The average molecular weight is 274 g/mol. The smallest absolute Gasteiger partial charge is 0.338 e.